The molecule has 11 heteroatoms. The van der Waals surface area contributed by atoms with Gasteiger partial charge in [0, 0.05) is 24.7 Å². The molecule has 32 heavy (non-hydrogen) atoms. The Balaban J connectivity index is 1.70. The number of hydrogen-bond donors (Lipinski definition) is 1. The third-order valence-corrected chi connectivity index (χ3v) is 8.60. The maximum atomic E-state index is 14.8. The highest BCUT2D eigenvalue weighted by atomic mass is 32.2. The van der Waals surface area contributed by atoms with Gasteiger partial charge in [-0.1, -0.05) is 6.07 Å². The second-order valence-corrected chi connectivity index (χ2v) is 10.5. The Morgan fingerprint density at radius 1 is 1.22 bits per heavy atom. The van der Waals surface area contributed by atoms with Gasteiger partial charge in [0.15, 0.2) is 26.2 Å². The average molecular weight is 467 g/mol. The van der Waals surface area contributed by atoms with E-state index in [2.05, 4.69) is 9.98 Å². The third kappa shape index (κ3) is 3.58. The number of ether oxygens (including phenoxy) is 1. The van der Waals surface area contributed by atoms with Crippen LogP contribution in [-0.2, 0) is 26.5 Å². The highest BCUT2D eigenvalue weighted by Crippen LogP contribution is 2.41. The first kappa shape index (κ1) is 22.4. The molecule has 1 spiro atoms. The topological polar surface area (TPSA) is 112 Å². The number of halogens is 3. The molecule has 2 N–H and O–H groups in total. The number of Topliss-reactive ketones (excluding diaryl/α,β-unsaturated/α-hetero) is 1. The summed E-state index contributed by atoms with van der Waals surface area (Å²) in [5.41, 5.74) is 4.22. The van der Waals surface area contributed by atoms with Crippen molar-refractivity contribution < 1.29 is 31.1 Å². The van der Waals surface area contributed by atoms with Crippen LogP contribution in [0, 0.1) is 17.5 Å². The summed E-state index contributed by atoms with van der Waals surface area (Å²) in [5, 5.41) is 0. The van der Waals surface area contributed by atoms with Crippen LogP contribution in [0.1, 0.15) is 35.0 Å². The molecule has 1 fully saturated rings. The fraction of sp³-hybridized carbons (Fsp3) is 0.381. The van der Waals surface area contributed by atoms with Gasteiger partial charge in [0.25, 0.3) is 0 Å². The number of nitrogens with zero attached hydrogens (tertiary/aromatic N) is 2. The second-order valence-electron chi connectivity index (χ2n) is 8.22. The SMILES string of the molecule is C[C@@]1(c2cc(CC(=O)c3ncc(F)cc3F)ccc2F)CS(=O)(=O)[C@]2(CCOC2)C(N)=N1. The predicted octanol–water partition coefficient (Wildman–Crippen LogP) is 2.08. The summed E-state index contributed by atoms with van der Waals surface area (Å²) < 4.78 is 71.8. The summed E-state index contributed by atoms with van der Waals surface area (Å²) in [6.45, 7) is 1.57. The van der Waals surface area contributed by atoms with Crippen molar-refractivity contribution >= 4 is 21.5 Å². The lowest BCUT2D eigenvalue weighted by atomic mass is 9.90. The number of rotatable bonds is 4. The standard InChI is InChI=1S/C21H20F3N3O4S/c1-20(11-32(29,30)21(19(25)27-20)4-5-31-10-21)14-6-12(2-3-15(14)23)7-17(28)18-16(24)8-13(22)9-26-18/h2-3,6,8-9H,4-5,7,10-11H2,1H3,(H2,25,27)/t20-,21-/m0/s1. The first-order valence-corrected chi connectivity index (χ1v) is 11.4. The monoisotopic (exact) mass is 467 g/mol. The number of carbonyl (C=O) groups is 1. The number of nitrogens with two attached hydrogens (primary N) is 1. The third-order valence-electron chi connectivity index (χ3n) is 5.93. The van der Waals surface area contributed by atoms with Crippen molar-refractivity contribution in [3.8, 4) is 0 Å². The number of aliphatic imine (C=N–C) groups is 1. The molecule has 3 heterocycles. The van der Waals surface area contributed by atoms with Gasteiger partial charge in [-0.3, -0.25) is 9.79 Å². The first-order chi connectivity index (χ1) is 15.0. The van der Waals surface area contributed by atoms with Gasteiger partial charge < -0.3 is 10.5 Å². The van der Waals surface area contributed by atoms with E-state index < -0.39 is 54.8 Å². The van der Waals surface area contributed by atoms with E-state index in [4.69, 9.17) is 10.5 Å². The number of ketones is 1. The van der Waals surface area contributed by atoms with E-state index in [1.807, 2.05) is 0 Å². The molecular weight excluding hydrogens is 447 g/mol. The van der Waals surface area contributed by atoms with Gasteiger partial charge >= 0.3 is 0 Å². The van der Waals surface area contributed by atoms with E-state index in [1.54, 1.807) is 0 Å². The lowest BCUT2D eigenvalue weighted by molar-refractivity contribution is 0.0983. The number of carbonyl (C=O) groups excluding carboxylic acids is 1. The zero-order valence-electron chi connectivity index (χ0n) is 17.1. The molecule has 0 radical (unpaired) electrons. The molecule has 0 saturated carbocycles. The van der Waals surface area contributed by atoms with Crippen molar-refractivity contribution in [2.45, 2.75) is 30.1 Å². The molecule has 170 valence electrons. The summed E-state index contributed by atoms with van der Waals surface area (Å²) in [5.74, 6) is -4.12. The Labute approximate surface area is 182 Å². The molecule has 1 saturated heterocycles. The van der Waals surface area contributed by atoms with Gasteiger partial charge in [0.05, 0.1) is 18.6 Å². The van der Waals surface area contributed by atoms with Crippen molar-refractivity contribution in [3.05, 3.63) is 64.7 Å². The summed E-state index contributed by atoms with van der Waals surface area (Å²) in [6.07, 6.45) is 0.539. The highest BCUT2D eigenvalue weighted by Gasteiger charge is 2.57. The fourth-order valence-electron chi connectivity index (χ4n) is 4.18. The van der Waals surface area contributed by atoms with Crippen LogP contribution in [0.4, 0.5) is 13.2 Å². The molecule has 0 aliphatic carbocycles. The normalized spacial score (nSPS) is 26.8. The van der Waals surface area contributed by atoms with Crippen LogP contribution in [0.15, 0.2) is 35.5 Å². The largest absolute Gasteiger partial charge is 0.386 e. The fourth-order valence-corrected chi connectivity index (χ4v) is 6.44. The van der Waals surface area contributed by atoms with Crippen molar-refractivity contribution in [2.24, 2.45) is 10.7 Å². The molecule has 0 amide bonds. The van der Waals surface area contributed by atoms with Gasteiger partial charge in [-0.15, -0.1) is 0 Å². The molecule has 2 aliphatic heterocycles. The Hall–Kier alpha value is -2.79. The maximum absolute atomic E-state index is 14.8. The Morgan fingerprint density at radius 2 is 1.97 bits per heavy atom. The highest BCUT2D eigenvalue weighted by molar-refractivity contribution is 7.93. The van der Waals surface area contributed by atoms with Crippen LogP contribution in [0.25, 0.3) is 0 Å². The minimum atomic E-state index is -3.84. The smallest absolute Gasteiger partial charge is 0.188 e. The minimum Gasteiger partial charge on any atom is -0.386 e. The zero-order chi connectivity index (χ0) is 23.3. The van der Waals surface area contributed by atoms with Gasteiger partial charge in [-0.25, -0.2) is 26.6 Å². The number of benzene rings is 1. The van der Waals surface area contributed by atoms with Gasteiger partial charge in [0.1, 0.15) is 28.7 Å². The van der Waals surface area contributed by atoms with Crippen LogP contribution < -0.4 is 5.73 Å². The first-order valence-electron chi connectivity index (χ1n) is 9.76. The number of aromatic nitrogens is 1. The minimum absolute atomic E-state index is 0.0596. The van der Waals surface area contributed by atoms with Crippen molar-refractivity contribution in [2.75, 3.05) is 19.0 Å². The van der Waals surface area contributed by atoms with Crippen LogP contribution in [0.3, 0.4) is 0 Å². The lowest BCUT2D eigenvalue weighted by Crippen LogP contribution is -2.58. The number of sulfone groups is 1. The van der Waals surface area contributed by atoms with Crippen LogP contribution >= 0.6 is 0 Å². The van der Waals surface area contributed by atoms with E-state index in [9.17, 15) is 26.4 Å². The van der Waals surface area contributed by atoms with E-state index in [1.165, 1.54) is 19.1 Å². The summed E-state index contributed by atoms with van der Waals surface area (Å²) in [6, 6.07) is 4.26. The van der Waals surface area contributed by atoms with Gasteiger partial charge in [0.2, 0.25) is 0 Å². The van der Waals surface area contributed by atoms with Gasteiger partial charge in [-0.05, 0) is 31.0 Å². The molecule has 2 atom stereocenters. The van der Waals surface area contributed by atoms with Crippen molar-refractivity contribution in [1.82, 2.24) is 4.98 Å². The molecule has 2 aliphatic rings. The summed E-state index contributed by atoms with van der Waals surface area (Å²) in [7, 11) is -3.84. The molecule has 4 rings (SSSR count). The van der Waals surface area contributed by atoms with Crippen LogP contribution in [0.5, 0.6) is 0 Å². The lowest BCUT2D eigenvalue weighted by Gasteiger charge is -2.39. The molecule has 1 aromatic carbocycles. The van der Waals surface area contributed by atoms with Crippen molar-refractivity contribution in [1.29, 1.82) is 0 Å². The van der Waals surface area contributed by atoms with E-state index in [0.717, 1.165) is 12.3 Å². The Kier molecular flexibility index (Phi) is 5.36. The van der Waals surface area contributed by atoms with E-state index >= 15 is 0 Å². The average Bonchev–Trinajstić information content (AvgIpc) is 3.19. The van der Waals surface area contributed by atoms with E-state index in [-0.39, 0.29) is 43.0 Å². The Bertz CT molecular complexity index is 1240. The molecule has 7 nitrogen and oxygen atoms in total. The zero-order valence-corrected chi connectivity index (χ0v) is 17.9. The van der Waals surface area contributed by atoms with Gasteiger partial charge in [-0.2, -0.15) is 0 Å². The quantitative estimate of drug-likeness (QED) is 0.690. The molecule has 0 bridgehead atoms. The van der Waals surface area contributed by atoms with Crippen LogP contribution in [0.2, 0.25) is 0 Å². The summed E-state index contributed by atoms with van der Waals surface area (Å²) >= 11 is 0. The molecular formula is C21H20F3N3O4S. The predicted molar refractivity (Wildman–Crippen MR) is 110 cm³/mol. The van der Waals surface area contributed by atoms with Crippen LogP contribution in [-0.4, -0.2) is 48.7 Å². The second kappa shape index (κ2) is 7.66. The maximum Gasteiger partial charge on any atom is 0.188 e. The number of pyridine rings is 1. The van der Waals surface area contributed by atoms with Crippen molar-refractivity contribution in [3.63, 3.8) is 0 Å². The molecule has 0 unspecified atom stereocenters. The summed E-state index contributed by atoms with van der Waals surface area (Å²) in [4.78, 5) is 20.3. The number of hydrogen-bond acceptors (Lipinski definition) is 7. The van der Waals surface area contributed by atoms with E-state index in [0.29, 0.717) is 6.07 Å². The molecule has 1 aromatic heterocycles. The Morgan fingerprint density at radius 3 is 2.59 bits per heavy atom. The number of amidine groups is 1. The molecule has 2 aromatic rings.